The van der Waals surface area contributed by atoms with Crippen LogP contribution in [-0.4, -0.2) is 70.1 Å². The molecule has 1 aliphatic rings. The molecule has 0 spiro atoms. The van der Waals surface area contributed by atoms with E-state index in [1.54, 1.807) is 23.5 Å². The van der Waals surface area contributed by atoms with Gasteiger partial charge in [0, 0.05) is 50.5 Å². The molecule has 0 atom stereocenters. The first-order chi connectivity index (χ1) is 19.3. The SMILES string of the molecule is CCOc1ccc2nc(N3CCN(CCNC(=O)c4ccc(NS(=O)(=O)c5ccc(F)cc5)cc4)CC3)sc2c1.Cl. The second-order valence-corrected chi connectivity index (χ2v) is 12.0. The number of aromatic nitrogens is 1. The summed E-state index contributed by atoms with van der Waals surface area (Å²) in [7, 11) is -3.86. The van der Waals surface area contributed by atoms with Crippen molar-refractivity contribution >= 4 is 60.7 Å². The van der Waals surface area contributed by atoms with Gasteiger partial charge in [-0.05, 0) is 73.7 Å². The zero-order chi connectivity index (χ0) is 28.1. The van der Waals surface area contributed by atoms with Crippen molar-refractivity contribution in [1.82, 2.24) is 15.2 Å². The summed E-state index contributed by atoms with van der Waals surface area (Å²) in [4.78, 5) is 21.9. The van der Waals surface area contributed by atoms with Crippen LogP contribution in [0.25, 0.3) is 10.2 Å². The van der Waals surface area contributed by atoms with E-state index in [2.05, 4.69) is 19.8 Å². The number of hydrogen-bond donors (Lipinski definition) is 2. The number of carbonyl (C=O) groups is 1. The first kappa shape index (κ1) is 30.5. The van der Waals surface area contributed by atoms with Crippen molar-refractivity contribution in [2.45, 2.75) is 11.8 Å². The van der Waals surface area contributed by atoms with Gasteiger partial charge in [0.05, 0.1) is 21.7 Å². The quantitative estimate of drug-likeness (QED) is 0.267. The van der Waals surface area contributed by atoms with Crippen molar-refractivity contribution in [3.05, 3.63) is 78.1 Å². The van der Waals surface area contributed by atoms with Crippen molar-refractivity contribution < 1.29 is 22.3 Å². The summed E-state index contributed by atoms with van der Waals surface area (Å²) in [5.74, 6) is 0.116. The van der Waals surface area contributed by atoms with Gasteiger partial charge in [-0.3, -0.25) is 14.4 Å². The van der Waals surface area contributed by atoms with Crippen LogP contribution in [0.4, 0.5) is 15.2 Å². The molecule has 2 N–H and O–H groups in total. The van der Waals surface area contributed by atoms with E-state index in [0.717, 1.165) is 66.0 Å². The predicted molar refractivity (Wildman–Crippen MR) is 163 cm³/mol. The third-order valence-corrected chi connectivity index (χ3v) is 9.02. The van der Waals surface area contributed by atoms with Gasteiger partial charge in [0.25, 0.3) is 15.9 Å². The van der Waals surface area contributed by atoms with E-state index in [-0.39, 0.29) is 23.2 Å². The molecule has 0 bridgehead atoms. The molecule has 0 aliphatic carbocycles. The highest BCUT2D eigenvalue weighted by Crippen LogP contribution is 2.32. The Labute approximate surface area is 248 Å². The van der Waals surface area contributed by atoms with Crippen LogP contribution in [0.3, 0.4) is 0 Å². The van der Waals surface area contributed by atoms with Crippen molar-refractivity contribution in [2.75, 3.05) is 55.5 Å². The minimum absolute atomic E-state index is 0. The molecule has 41 heavy (non-hydrogen) atoms. The molecule has 9 nitrogen and oxygen atoms in total. The largest absolute Gasteiger partial charge is 0.494 e. The smallest absolute Gasteiger partial charge is 0.261 e. The number of hydrogen-bond acceptors (Lipinski definition) is 8. The lowest BCUT2D eigenvalue weighted by atomic mass is 10.2. The van der Waals surface area contributed by atoms with Crippen LogP contribution < -0.4 is 19.7 Å². The average Bonchev–Trinajstić information content (AvgIpc) is 3.37. The van der Waals surface area contributed by atoms with Crippen LogP contribution in [0.1, 0.15) is 17.3 Å². The van der Waals surface area contributed by atoms with Crippen molar-refractivity contribution in [2.24, 2.45) is 0 Å². The number of piperazine rings is 1. The lowest BCUT2D eigenvalue weighted by molar-refractivity contribution is 0.0948. The number of rotatable bonds is 10. The number of thiazole rings is 1. The normalized spacial score (nSPS) is 14.0. The van der Waals surface area contributed by atoms with E-state index >= 15 is 0 Å². The number of fused-ring (bicyclic) bond motifs is 1. The zero-order valence-corrected chi connectivity index (χ0v) is 24.8. The number of nitrogens with one attached hydrogen (secondary N) is 2. The molecule has 1 saturated heterocycles. The van der Waals surface area contributed by atoms with Gasteiger partial charge in [0.1, 0.15) is 11.6 Å². The Morgan fingerprint density at radius 2 is 1.73 bits per heavy atom. The van der Waals surface area contributed by atoms with Gasteiger partial charge in [0.2, 0.25) is 0 Å². The molecule has 4 aromatic rings. The van der Waals surface area contributed by atoms with Crippen molar-refractivity contribution in [3.8, 4) is 5.75 Å². The minimum Gasteiger partial charge on any atom is -0.494 e. The molecule has 13 heteroatoms. The van der Waals surface area contributed by atoms with Crippen LogP contribution in [0.2, 0.25) is 0 Å². The van der Waals surface area contributed by atoms with E-state index in [9.17, 15) is 17.6 Å². The number of nitrogens with zero attached hydrogens (tertiary/aromatic N) is 3. The highest BCUT2D eigenvalue weighted by atomic mass is 35.5. The topological polar surface area (TPSA) is 104 Å². The van der Waals surface area contributed by atoms with Gasteiger partial charge in [0.15, 0.2) is 5.13 Å². The standard InChI is InChI=1S/C28H30FN5O4S2.ClH/c1-2-38-23-9-12-25-26(19-23)39-28(31-25)34-17-15-33(16-18-34)14-13-30-27(35)20-3-7-22(8-4-20)32-40(36,37)24-10-5-21(29)6-11-24;/h3-12,19,32H,2,13-18H2,1H3,(H,30,35);1H. The monoisotopic (exact) mass is 619 g/mol. The van der Waals surface area contributed by atoms with E-state index in [4.69, 9.17) is 9.72 Å². The Morgan fingerprint density at radius 3 is 2.41 bits per heavy atom. The van der Waals surface area contributed by atoms with E-state index < -0.39 is 15.8 Å². The Kier molecular flexibility index (Phi) is 10.0. The number of ether oxygens (including phenoxy) is 1. The number of anilines is 2. The lowest BCUT2D eigenvalue weighted by Gasteiger charge is -2.34. The Balaban J connectivity index is 0.00000387. The molecule has 1 aliphatic heterocycles. The number of carbonyl (C=O) groups excluding carboxylic acids is 1. The molecule has 1 fully saturated rings. The van der Waals surface area contributed by atoms with E-state index in [0.29, 0.717) is 24.4 Å². The van der Waals surface area contributed by atoms with Crippen LogP contribution in [0.5, 0.6) is 5.75 Å². The maximum absolute atomic E-state index is 13.1. The molecular weight excluding hydrogens is 589 g/mol. The van der Waals surface area contributed by atoms with Crippen LogP contribution in [0, 0.1) is 5.82 Å². The predicted octanol–water partition coefficient (Wildman–Crippen LogP) is 4.61. The van der Waals surface area contributed by atoms with Gasteiger partial charge in [-0.2, -0.15) is 0 Å². The fourth-order valence-corrected chi connectivity index (χ4v) is 6.50. The fraction of sp³-hybridized carbons (Fsp3) is 0.286. The van der Waals surface area contributed by atoms with Gasteiger partial charge < -0.3 is 15.0 Å². The summed E-state index contributed by atoms with van der Waals surface area (Å²) in [5.41, 5.74) is 1.71. The average molecular weight is 620 g/mol. The highest BCUT2D eigenvalue weighted by molar-refractivity contribution is 7.92. The third kappa shape index (κ3) is 7.64. The van der Waals surface area contributed by atoms with Crippen molar-refractivity contribution in [1.29, 1.82) is 0 Å². The number of sulfonamides is 1. The highest BCUT2D eigenvalue weighted by Gasteiger charge is 2.20. The molecular formula is C28H31ClFN5O4S2. The summed E-state index contributed by atoms with van der Waals surface area (Å²) in [5, 5.41) is 3.94. The zero-order valence-electron chi connectivity index (χ0n) is 22.4. The molecule has 0 unspecified atom stereocenters. The summed E-state index contributed by atoms with van der Waals surface area (Å²) in [6.07, 6.45) is 0. The number of amides is 1. The maximum Gasteiger partial charge on any atom is 0.261 e. The number of benzene rings is 3. The van der Waals surface area contributed by atoms with Crippen LogP contribution in [-0.2, 0) is 10.0 Å². The van der Waals surface area contributed by atoms with Gasteiger partial charge in [-0.15, -0.1) is 12.4 Å². The minimum atomic E-state index is -3.86. The molecule has 2 heterocycles. The molecule has 1 amide bonds. The van der Waals surface area contributed by atoms with Crippen LogP contribution in [0.15, 0.2) is 71.6 Å². The Hall–Kier alpha value is -3.45. The van der Waals surface area contributed by atoms with Crippen molar-refractivity contribution in [3.63, 3.8) is 0 Å². The molecule has 0 saturated carbocycles. The van der Waals surface area contributed by atoms with E-state index in [1.165, 1.54) is 24.3 Å². The number of halogens is 2. The second kappa shape index (κ2) is 13.5. The summed E-state index contributed by atoms with van der Waals surface area (Å²) in [6.45, 7) is 7.31. The van der Waals surface area contributed by atoms with Crippen LogP contribution >= 0.6 is 23.7 Å². The summed E-state index contributed by atoms with van der Waals surface area (Å²) >= 11 is 1.68. The first-order valence-corrected chi connectivity index (χ1v) is 15.3. The second-order valence-electron chi connectivity index (χ2n) is 9.28. The molecule has 1 aromatic heterocycles. The molecule has 3 aromatic carbocycles. The third-order valence-electron chi connectivity index (χ3n) is 6.54. The van der Waals surface area contributed by atoms with Gasteiger partial charge >= 0.3 is 0 Å². The molecule has 0 radical (unpaired) electrons. The lowest BCUT2D eigenvalue weighted by Crippen LogP contribution is -2.48. The molecule has 5 rings (SSSR count). The van der Waals surface area contributed by atoms with E-state index in [1.807, 2.05) is 25.1 Å². The van der Waals surface area contributed by atoms with Gasteiger partial charge in [-0.1, -0.05) is 11.3 Å². The van der Waals surface area contributed by atoms with Gasteiger partial charge in [-0.25, -0.2) is 17.8 Å². The Morgan fingerprint density at radius 1 is 1.02 bits per heavy atom. The Bertz CT molecular complexity index is 1580. The fourth-order valence-electron chi connectivity index (χ4n) is 4.39. The summed E-state index contributed by atoms with van der Waals surface area (Å²) < 4.78 is 47.2. The summed E-state index contributed by atoms with van der Waals surface area (Å²) in [6, 6.07) is 16.7. The maximum atomic E-state index is 13.1. The first-order valence-electron chi connectivity index (χ1n) is 13.0. The molecule has 218 valence electrons.